The third kappa shape index (κ3) is 5.32. The van der Waals surface area contributed by atoms with Gasteiger partial charge >= 0.3 is 0 Å². The van der Waals surface area contributed by atoms with Gasteiger partial charge in [0.25, 0.3) is 5.91 Å². The zero-order valence-corrected chi connectivity index (χ0v) is 16.6. The van der Waals surface area contributed by atoms with Crippen LogP contribution >= 0.6 is 11.8 Å². The van der Waals surface area contributed by atoms with Gasteiger partial charge in [0.15, 0.2) is 0 Å². The Morgan fingerprint density at radius 3 is 2.44 bits per heavy atom. The van der Waals surface area contributed by atoms with Crippen LogP contribution in [0.1, 0.15) is 23.2 Å². The average Bonchev–Trinajstić information content (AvgIpc) is 3.21. The van der Waals surface area contributed by atoms with Crippen LogP contribution in [-0.2, 0) is 14.8 Å². The summed E-state index contributed by atoms with van der Waals surface area (Å²) in [4.78, 5) is 13.6. The zero-order chi connectivity index (χ0) is 19.3. The number of hydrogen-bond donors (Lipinski definition) is 2. The molecule has 3 rings (SSSR count). The highest BCUT2D eigenvalue weighted by Gasteiger charge is 2.20. The van der Waals surface area contributed by atoms with Crippen molar-refractivity contribution in [3.05, 3.63) is 54.1 Å². The lowest BCUT2D eigenvalue weighted by Gasteiger charge is -2.12. The van der Waals surface area contributed by atoms with E-state index in [4.69, 9.17) is 4.74 Å². The van der Waals surface area contributed by atoms with E-state index in [1.54, 1.807) is 11.8 Å². The van der Waals surface area contributed by atoms with Crippen LogP contribution in [0.4, 0.5) is 5.69 Å². The summed E-state index contributed by atoms with van der Waals surface area (Å²) in [5.41, 5.74) is 1.08. The van der Waals surface area contributed by atoms with E-state index in [9.17, 15) is 13.2 Å². The quantitative estimate of drug-likeness (QED) is 0.690. The summed E-state index contributed by atoms with van der Waals surface area (Å²) in [6, 6.07) is 13.4. The Balaban J connectivity index is 1.61. The van der Waals surface area contributed by atoms with Crippen LogP contribution < -0.4 is 10.0 Å². The molecule has 8 heteroatoms. The summed E-state index contributed by atoms with van der Waals surface area (Å²) >= 11 is 1.63. The Morgan fingerprint density at radius 1 is 1.15 bits per heavy atom. The number of amides is 1. The molecule has 1 aliphatic rings. The molecule has 1 saturated heterocycles. The van der Waals surface area contributed by atoms with Crippen LogP contribution in [0.5, 0.6) is 0 Å². The minimum atomic E-state index is -3.62. The van der Waals surface area contributed by atoms with Crippen LogP contribution in [0.2, 0.25) is 0 Å². The monoisotopic (exact) mass is 406 g/mol. The number of carbonyl (C=O) groups is 1. The van der Waals surface area contributed by atoms with Gasteiger partial charge in [0.2, 0.25) is 10.0 Å². The fourth-order valence-electron chi connectivity index (χ4n) is 2.75. The van der Waals surface area contributed by atoms with E-state index in [-0.39, 0.29) is 23.5 Å². The number of benzene rings is 2. The highest BCUT2D eigenvalue weighted by molar-refractivity contribution is 7.98. The minimum absolute atomic E-state index is 0.0673. The predicted molar refractivity (Wildman–Crippen MR) is 107 cm³/mol. The van der Waals surface area contributed by atoms with Crippen LogP contribution in [0, 0.1) is 0 Å². The van der Waals surface area contributed by atoms with Crippen molar-refractivity contribution in [1.82, 2.24) is 4.72 Å². The molecule has 144 valence electrons. The first-order valence-corrected chi connectivity index (χ1v) is 11.4. The number of carbonyl (C=O) groups excluding carboxylic acids is 1. The molecule has 2 N–H and O–H groups in total. The van der Waals surface area contributed by atoms with Gasteiger partial charge in [0.05, 0.1) is 11.0 Å². The second-order valence-corrected chi connectivity index (χ2v) is 8.84. The molecule has 0 bridgehead atoms. The number of nitrogens with one attached hydrogen (secondary N) is 2. The first-order valence-electron chi connectivity index (χ1n) is 8.65. The zero-order valence-electron chi connectivity index (χ0n) is 15.0. The lowest BCUT2D eigenvalue weighted by molar-refractivity contribution is 0.102. The van der Waals surface area contributed by atoms with Crippen molar-refractivity contribution in [3.63, 3.8) is 0 Å². The number of anilines is 1. The maximum absolute atomic E-state index is 12.4. The van der Waals surface area contributed by atoms with Gasteiger partial charge in [-0.15, -0.1) is 11.8 Å². The van der Waals surface area contributed by atoms with Crippen LogP contribution in [0.25, 0.3) is 0 Å². The second-order valence-electron chi connectivity index (χ2n) is 6.19. The number of ether oxygens (including phenoxy) is 1. The van der Waals surface area contributed by atoms with Gasteiger partial charge in [0.1, 0.15) is 0 Å². The van der Waals surface area contributed by atoms with Gasteiger partial charge in [-0.3, -0.25) is 4.79 Å². The largest absolute Gasteiger partial charge is 0.377 e. The number of thioether (sulfide) groups is 1. The smallest absolute Gasteiger partial charge is 0.255 e. The average molecular weight is 407 g/mol. The molecule has 2 aromatic rings. The van der Waals surface area contributed by atoms with Crippen molar-refractivity contribution in [2.24, 2.45) is 0 Å². The van der Waals surface area contributed by atoms with Gasteiger partial charge in [0, 0.05) is 29.3 Å². The van der Waals surface area contributed by atoms with Crippen molar-refractivity contribution in [2.45, 2.75) is 28.7 Å². The molecule has 6 nitrogen and oxygen atoms in total. The minimum Gasteiger partial charge on any atom is -0.377 e. The summed E-state index contributed by atoms with van der Waals surface area (Å²) in [6.07, 6.45) is 3.73. The molecule has 2 aromatic carbocycles. The third-order valence-electron chi connectivity index (χ3n) is 4.30. The third-order valence-corrected chi connectivity index (χ3v) is 6.48. The van der Waals surface area contributed by atoms with E-state index in [0.29, 0.717) is 17.9 Å². The summed E-state index contributed by atoms with van der Waals surface area (Å²) < 4.78 is 32.7. The van der Waals surface area contributed by atoms with Gasteiger partial charge in [-0.25, -0.2) is 13.1 Å². The Kier molecular flexibility index (Phi) is 6.54. The number of hydrogen-bond acceptors (Lipinski definition) is 5. The standard InChI is InChI=1S/C19H22N2O4S2/c1-26-17-8-6-15(7-9-17)21-19(22)14-4-10-18(11-5-14)27(23,24)20-13-16-3-2-12-25-16/h4-11,16,20H,2-3,12-13H2,1H3,(H,21,22)/t16-/m0/s1. The molecule has 1 fully saturated rings. The molecular weight excluding hydrogens is 384 g/mol. The van der Waals surface area contributed by atoms with Crippen molar-refractivity contribution in [3.8, 4) is 0 Å². The van der Waals surface area contributed by atoms with Crippen LogP contribution in [0.15, 0.2) is 58.3 Å². The summed E-state index contributed by atoms with van der Waals surface area (Å²) in [5, 5.41) is 2.80. The number of rotatable bonds is 7. The van der Waals surface area contributed by atoms with Gasteiger partial charge in [-0.1, -0.05) is 0 Å². The van der Waals surface area contributed by atoms with Crippen molar-refractivity contribution in [1.29, 1.82) is 0 Å². The van der Waals surface area contributed by atoms with Gasteiger partial charge in [-0.05, 0) is 67.6 Å². The molecule has 0 radical (unpaired) electrons. The molecule has 1 amide bonds. The molecule has 0 aromatic heterocycles. The molecule has 1 heterocycles. The van der Waals surface area contributed by atoms with Crippen molar-refractivity contribution < 1.29 is 17.9 Å². The van der Waals surface area contributed by atoms with Crippen molar-refractivity contribution >= 4 is 33.4 Å². The van der Waals surface area contributed by atoms with E-state index >= 15 is 0 Å². The van der Waals surface area contributed by atoms with E-state index in [0.717, 1.165) is 17.7 Å². The fraction of sp³-hybridized carbons (Fsp3) is 0.316. The van der Waals surface area contributed by atoms with Crippen LogP contribution in [0.3, 0.4) is 0 Å². The molecule has 0 unspecified atom stereocenters. The Hall–Kier alpha value is -1.87. The summed E-state index contributed by atoms with van der Waals surface area (Å²) in [7, 11) is -3.62. The molecule has 0 spiro atoms. The van der Waals surface area contributed by atoms with Gasteiger partial charge < -0.3 is 10.1 Å². The molecular formula is C19H22N2O4S2. The highest BCUT2D eigenvalue weighted by Crippen LogP contribution is 2.19. The fourth-order valence-corrected chi connectivity index (χ4v) is 4.23. The molecule has 0 saturated carbocycles. The van der Waals surface area contributed by atoms with E-state index in [1.807, 2.05) is 30.5 Å². The topological polar surface area (TPSA) is 84.5 Å². The summed E-state index contributed by atoms with van der Waals surface area (Å²) in [6.45, 7) is 0.937. The normalized spacial score (nSPS) is 17.0. The second kappa shape index (κ2) is 8.88. The predicted octanol–water partition coefficient (Wildman–Crippen LogP) is 3.12. The van der Waals surface area contributed by atoms with E-state index in [2.05, 4.69) is 10.0 Å². The maximum Gasteiger partial charge on any atom is 0.255 e. The Bertz CT molecular complexity index is 875. The Labute approximate surface area is 163 Å². The van der Waals surface area contributed by atoms with Crippen molar-refractivity contribution in [2.75, 3.05) is 24.7 Å². The molecule has 1 aliphatic heterocycles. The maximum atomic E-state index is 12.4. The van der Waals surface area contributed by atoms with E-state index in [1.165, 1.54) is 24.3 Å². The molecule has 27 heavy (non-hydrogen) atoms. The van der Waals surface area contributed by atoms with E-state index < -0.39 is 10.0 Å². The first-order chi connectivity index (χ1) is 13.0. The lowest BCUT2D eigenvalue weighted by atomic mass is 10.2. The molecule has 0 aliphatic carbocycles. The van der Waals surface area contributed by atoms with Gasteiger partial charge in [-0.2, -0.15) is 0 Å². The SMILES string of the molecule is CSc1ccc(NC(=O)c2ccc(S(=O)(=O)NC[C@@H]3CCCO3)cc2)cc1. The van der Waals surface area contributed by atoms with Crippen LogP contribution in [-0.4, -0.2) is 39.8 Å². The number of sulfonamides is 1. The Morgan fingerprint density at radius 2 is 1.85 bits per heavy atom. The highest BCUT2D eigenvalue weighted by atomic mass is 32.2. The first kappa shape index (κ1) is 19.9. The molecule has 1 atom stereocenters. The summed E-state index contributed by atoms with van der Waals surface area (Å²) in [5.74, 6) is -0.289. The lowest BCUT2D eigenvalue weighted by Crippen LogP contribution is -2.31.